The van der Waals surface area contributed by atoms with Crippen molar-refractivity contribution in [2.45, 2.75) is 31.9 Å². The summed E-state index contributed by atoms with van der Waals surface area (Å²) in [4.78, 5) is 24.4. The van der Waals surface area contributed by atoms with Gasteiger partial charge in [-0.15, -0.1) is 0 Å². The molecule has 0 saturated heterocycles. The third-order valence-corrected chi connectivity index (χ3v) is 5.69. The number of hydrogen-bond acceptors (Lipinski definition) is 5. The Balaban J connectivity index is 1.89. The molecule has 0 aliphatic carbocycles. The van der Waals surface area contributed by atoms with Crippen molar-refractivity contribution in [1.29, 1.82) is 0 Å². The first kappa shape index (κ1) is 18.0. The molecule has 2 aliphatic rings. The van der Waals surface area contributed by atoms with Gasteiger partial charge < -0.3 is 15.4 Å². The number of non-ortho nitro benzene ring substituents is 1. The first-order valence-corrected chi connectivity index (χ1v) is 8.99. The maximum Gasteiger partial charge on any atom is 0.270 e. The number of nitro benzene ring substituents is 1. The molecule has 2 aliphatic heterocycles. The van der Waals surface area contributed by atoms with Gasteiger partial charge in [0, 0.05) is 23.4 Å². The third kappa shape index (κ3) is 2.39. The Morgan fingerprint density at radius 3 is 2.68 bits per heavy atom. The molecule has 0 unspecified atom stereocenters. The molecule has 0 bridgehead atoms. The van der Waals surface area contributed by atoms with E-state index in [2.05, 4.69) is 19.9 Å². The number of amides is 1. The summed E-state index contributed by atoms with van der Waals surface area (Å²) in [5.41, 5.74) is 7.77. The van der Waals surface area contributed by atoms with Crippen LogP contribution in [0.4, 0.5) is 11.4 Å². The predicted molar refractivity (Wildman–Crippen MR) is 106 cm³/mol. The summed E-state index contributed by atoms with van der Waals surface area (Å²) in [7, 11) is 0. The highest BCUT2D eigenvalue weighted by molar-refractivity contribution is 5.83. The van der Waals surface area contributed by atoms with Gasteiger partial charge in [0.15, 0.2) is 0 Å². The number of anilines is 1. The Hall–Kier alpha value is -3.35. The summed E-state index contributed by atoms with van der Waals surface area (Å²) < 4.78 is 6.48. The summed E-state index contributed by atoms with van der Waals surface area (Å²) in [6.07, 6.45) is 3.69. The second-order valence-electron chi connectivity index (χ2n) is 7.81. The van der Waals surface area contributed by atoms with Gasteiger partial charge >= 0.3 is 0 Å². The number of primary amides is 1. The average molecular weight is 379 g/mol. The zero-order valence-corrected chi connectivity index (χ0v) is 15.9. The SMILES string of the molecule is Cc1ccc2c(c1)C(C)(C)[C@]1(C=Cc3cc([N+](=O)[O-])ccc3O1)N2CC(N)=O. The lowest BCUT2D eigenvalue weighted by molar-refractivity contribution is -0.384. The number of carbonyl (C=O) groups is 1. The highest BCUT2D eigenvalue weighted by Gasteiger charge is 2.59. The minimum Gasteiger partial charge on any atom is -0.463 e. The molecule has 0 fully saturated rings. The lowest BCUT2D eigenvalue weighted by atomic mass is 9.76. The summed E-state index contributed by atoms with van der Waals surface area (Å²) in [5, 5.41) is 11.1. The second-order valence-corrected chi connectivity index (χ2v) is 7.81. The van der Waals surface area contributed by atoms with Crippen molar-refractivity contribution in [1.82, 2.24) is 0 Å². The molecule has 0 aromatic heterocycles. The molecular weight excluding hydrogens is 358 g/mol. The van der Waals surface area contributed by atoms with Crippen molar-refractivity contribution in [2.24, 2.45) is 5.73 Å². The van der Waals surface area contributed by atoms with Gasteiger partial charge in [-0.3, -0.25) is 14.9 Å². The van der Waals surface area contributed by atoms with E-state index in [1.165, 1.54) is 12.1 Å². The lowest BCUT2D eigenvalue weighted by Crippen LogP contribution is -2.61. The van der Waals surface area contributed by atoms with Crippen molar-refractivity contribution in [3.05, 3.63) is 69.3 Å². The van der Waals surface area contributed by atoms with E-state index in [4.69, 9.17) is 10.5 Å². The average Bonchev–Trinajstić information content (AvgIpc) is 2.79. The van der Waals surface area contributed by atoms with E-state index >= 15 is 0 Å². The van der Waals surface area contributed by atoms with Crippen LogP contribution in [0, 0.1) is 17.0 Å². The van der Waals surface area contributed by atoms with Crippen LogP contribution in [0.15, 0.2) is 42.5 Å². The molecule has 1 amide bonds. The van der Waals surface area contributed by atoms with Gasteiger partial charge in [0.1, 0.15) is 12.3 Å². The van der Waals surface area contributed by atoms with Crippen molar-refractivity contribution in [2.75, 3.05) is 11.4 Å². The molecule has 144 valence electrons. The highest BCUT2D eigenvalue weighted by atomic mass is 16.6. The van der Waals surface area contributed by atoms with Crippen molar-refractivity contribution in [3.8, 4) is 5.75 Å². The van der Waals surface area contributed by atoms with E-state index in [1.807, 2.05) is 36.1 Å². The van der Waals surface area contributed by atoms with Gasteiger partial charge in [0.2, 0.25) is 11.6 Å². The van der Waals surface area contributed by atoms with Crippen LogP contribution in [0.3, 0.4) is 0 Å². The topological polar surface area (TPSA) is 98.7 Å². The zero-order chi connectivity index (χ0) is 20.3. The van der Waals surface area contributed by atoms with Gasteiger partial charge in [-0.1, -0.05) is 17.7 Å². The molecule has 2 aromatic rings. The molecule has 2 heterocycles. The second kappa shape index (κ2) is 5.82. The largest absolute Gasteiger partial charge is 0.463 e. The maximum absolute atomic E-state index is 11.9. The van der Waals surface area contributed by atoms with E-state index in [0.29, 0.717) is 11.3 Å². The van der Waals surface area contributed by atoms with E-state index in [1.54, 1.807) is 6.07 Å². The quantitative estimate of drug-likeness (QED) is 0.652. The van der Waals surface area contributed by atoms with Crippen LogP contribution in [0.2, 0.25) is 0 Å². The molecule has 2 N–H and O–H groups in total. The van der Waals surface area contributed by atoms with Crippen molar-refractivity contribution >= 4 is 23.4 Å². The Morgan fingerprint density at radius 1 is 1.25 bits per heavy atom. The zero-order valence-electron chi connectivity index (χ0n) is 15.9. The lowest BCUT2D eigenvalue weighted by Gasteiger charge is -2.46. The van der Waals surface area contributed by atoms with E-state index in [-0.39, 0.29) is 12.2 Å². The van der Waals surface area contributed by atoms with E-state index in [0.717, 1.165) is 16.8 Å². The molecule has 7 heteroatoms. The number of nitrogens with two attached hydrogens (primary N) is 1. The Morgan fingerprint density at radius 2 is 2.00 bits per heavy atom. The van der Waals surface area contributed by atoms with Crippen LogP contribution in [0.1, 0.15) is 30.5 Å². The maximum atomic E-state index is 11.9. The molecule has 28 heavy (non-hydrogen) atoms. The Kier molecular flexibility index (Phi) is 3.75. The minimum atomic E-state index is -0.971. The highest BCUT2D eigenvalue weighted by Crippen LogP contribution is 2.55. The first-order chi connectivity index (χ1) is 13.2. The molecule has 7 nitrogen and oxygen atoms in total. The number of benzene rings is 2. The molecule has 1 spiro atoms. The van der Waals surface area contributed by atoms with Gasteiger partial charge in [-0.05, 0) is 50.6 Å². The van der Waals surface area contributed by atoms with E-state index < -0.39 is 22.0 Å². The van der Waals surface area contributed by atoms with Crippen LogP contribution in [0.25, 0.3) is 6.08 Å². The summed E-state index contributed by atoms with van der Waals surface area (Å²) in [5.74, 6) is 0.0651. The molecule has 0 radical (unpaired) electrons. The number of rotatable bonds is 3. The van der Waals surface area contributed by atoms with Crippen LogP contribution < -0.4 is 15.4 Å². The number of fused-ring (bicyclic) bond motifs is 2. The molecular formula is C21H21N3O4. The van der Waals surface area contributed by atoms with Crippen LogP contribution in [0.5, 0.6) is 5.75 Å². The Labute approximate surface area is 162 Å². The van der Waals surface area contributed by atoms with Gasteiger partial charge in [0.25, 0.3) is 5.69 Å². The van der Waals surface area contributed by atoms with Crippen molar-refractivity contribution < 1.29 is 14.5 Å². The fraction of sp³-hybridized carbons (Fsp3) is 0.286. The molecule has 2 aromatic carbocycles. The standard InChI is InChI=1S/C21H21N3O4/c1-13-4-6-17-16(10-13)20(2,3)21(23(17)12-19(22)25)9-8-14-11-15(24(26)27)5-7-18(14)28-21/h4-11H,12H2,1-3H3,(H2,22,25)/t21-/m1/s1. The van der Waals surface area contributed by atoms with E-state index in [9.17, 15) is 14.9 Å². The monoisotopic (exact) mass is 379 g/mol. The molecule has 4 rings (SSSR count). The number of hydrogen-bond donors (Lipinski definition) is 1. The number of carbonyl (C=O) groups excluding carboxylic acids is 1. The van der Waals surface area contributed by atoms with Crippen LogP contribution >= 0.6 is 0 Å². The fourth-order valence-corrected chi connectivity index (χ4v) is 4.21. The summed E-state index contributed by atoms with van der Waals surface area (Å²) in [6.45, 7) is 6.14. The van der Waals surface area contributed by atoms with Crippen LogP contribution in [-0.2, 0) is 10.2 Å². The van der Waals surface area contributed by atoms with Crippen molar-refractivity contribution in [3.63, 3.8) is 0 Å². The van der Waals surface area contributed by atoms with Gasteiger partial charge in [0.05, 0.1) is 10.3 Å². The third-order valence-electron chi connectivity index (χ3n) is 5.69. The molecule has 1 atom stereocenters. The summed E-state index contributed by atoms with van der Waals surface area (Å²) in [6, 6.07) is 10.6. The number of nitrogens with zero attached hydrogens (tertiary/aromatic N) is 2. The number of nitro groups is 1. The number of ether oxygens (including phenoxy) is 1. The first-order valence-electron chi connectivity index (χ1n) is 8.99. The number of aryl methyl sites for hydroxylation is 1. The predicted octanol–water partition coefficient (Wildman–Crippen LogP) is 3.29. The summed E-state index contributed by atoms with van der Waals surface area (Å²) >= 11 is 0. The van der Waals surface area contributed by atoms with Gasteiger partial charge in [-0.2, -0.15) is 0 Å². The fourth-order valence-electron chi connectivity index (χ4n) is 4.21. The smallest absolute Gasteiger partial charge is 0.270 e. The minimum absolute atomic E-state index is 0.00142. The molecule has 0 saturated carbocycles. The Bertz CT molecular complexity index is 1040. The van der Waals surface area contributed by atoms with Crippen LogP contribution in [-0.4, -0.2) is 23.1 Å². The van der Waals surface area contributed by atoms with Gasteiger partial charge in [-0.25, -0.2) is 0 Å². The normalized spacial score (nSPS) is 21.2.